The first-order valence-corrected chi connectivity index (χ1v) is 2.59. The molecule has 8 heavy (non-hydrogen) atoms. The lowest BCUT2D eigenvalue weighted by Crippen LogP contribution is -2.21. The van der Waals surface area contributed by atoms with Crippen molar-refractivity contribution >= 4 is 18.7 Å². The van der Waals surface area contributed by atoms with E-state index in [1.807, 2.05) is 0 Å². The zero-order chi connectivity index (χ0) is 6.57. The molecule has 0 N–H and O–H groups in total. The minimum absolute atomic E-state index is 0.732. The van der Waals surface area contributed by atoms with E-state index in [1.54, 1.807) is 21.1 Å². The highest BCUT2D eigenvalue weighted by molar-refractivity contribution is 7.79. The number of nitrogens with zero attached hydrogens (tertiary/aromatic N) is 2. The van der Waals surface area contributed by atoms with E-state index in [0.717, 1.165) is 5.84 Å². The molecule has 0 unspecified atom stereocenters. The van der Waals surface area contributed by atoms with Crippen LogP contribution in [0.15, 0.2) is 4.40 Å². The van der Waals surface area contributed by atoms with E-state index in [9.17, 15) is 0 Å². The van der Waals surface area contributed by atoms with Crippen LogP contribution in [-0.4, -0.2) is 25.1 Å². The molecule has 0 saturated heterocycles. The van der Waals surface area contributed by atoms with Gasteiger partial charge >= 0.3 is 0 Å². The summed E-state index contributed by atoms with van der Waals surface area (Å²) in [6.07, 6.45) is 0. The highest BCUT2D eigenvalue weighted by Gasteiger charge is 1.93. The number of amidine groups is 1. The van der Waals surface area contributed by atoms with Crippen molar-refractivity contribution in [1.29, 1.82) is 0 Å². The summed E-state index contributed by atoms with van der Waals surface area (Å²) in [6.45, 7) is 1.80. The number of hydrogen-bond donors (Lipinski definition) is 1. The van der Waals surface area contributed by atoms with Gasteiger partial charge in [-0.15, -0.1) is 0 Å². The second kappa shape index (κ2) is 3.74. The van der Waals surface area contributed by atoms with E-state index in [1.165, 1.54) is 5.06 Å². The summed E-state index contributed by atoms with van der Waals surface area (Å²) < 4.78 is 3.57. The van der Waals surface area contributed by atoms with E-state index >= 15 is 0 Å². The summed E-state index contributed by atoms with van der Waals surface area (Å²) in [4.78, 5) is 4.76. The average molecular weight is 134 g/mol. The van der Waals surface area contributed by atoms with Crippen molar-refractivity contribution in [2.75, 3.05) is 14.2 Å². The van der Waals surface area contributed by atoms with Crippen molar-refractivity contribution in [3.05, 3.63) is 0 Å². The maximum absolute atomic E-state index is 4.76. The summed E-state index contributed by atoms with van der Waals surface area (Å²) in [5, 5.41) is 1.52. The van der Waals surface area contributed by atoms with E-state index in [2.05, 4.69) is 17.2 Å². The van der Waals surface area contributed by atoms with Crippen molar-refractivity contribution in [2.45, 2.75) is 6.92 Å². The van der Waals surface area contributed by atoms with E-state index in [0.29, 0.717) is 0 Å². The van der Waals surface area contributed by atoms with Gasteiger partial charge in [0.05, 0.1) is 7.11 Å². The Morgan fingerprint density at radius 2 is 2.25 bits per heavy atom. The maximum Gasteiger partial charge on any atom is 0.133 e. The first kappa shape index (κ1) is 7.78. The smallest absolute Gasteiger partial charge is 0.133 e. The highest BCUT2D eigenvalue weighted by Crippen LogP contribution is 1.87. The van der Waals surface area contributed by atoms with Crippen LogP contribution in [0.2, 0.25) is 0 Å². The van der Waals surface area contributed by atoms with Crippen molar-refractivity contribution in [1.82, 2.24) is 5.06 Å². The van der Waals surface area contributed by atoms with E-state index < -0.39 is 0 Å². The maximum atomic E-state index is 4.76. The SMILES string of the molecule is CON(C)C(C)=NS. The largest absolute Gasteiger partial charge is 0.276 e. The monoisotopic (exact) mass is 134 g/mol. The Morgan fingerprint density at radius 1 is 1.75 bits per heavy atom. The Kier molecular flexibility index (Phi) is 3.64. The van der Waals surface area contributed by atoms with Crippen LogP contribution in [0.1, 0.15) is 6.92 Å². The molecule has 0 rings (SSSR count). The summed E-state index contributed by atoms with van der Waals surface area (Å²) in [5.41, 5.74) is 0. The molecule has 0 aromatic rings. The van der Waals surface area contributed by atoms with Gasteiger partial charge in [0.2, 0.25) is 0 Å². The first-order valence-electron chi connectivity index (χ1n) is 2.19. The molecule has 0 aliphatic heterocycles. The van der Waals surface area contributed by atoms with Gasteiger partial charge in [-0.05, 0) is 19.7 Å². The van der Waals surface area contributed by atoms with Gasteiger partial charge in [0.15, 0.2) is 0 Å². The zero-order valence-electron chi connectivity index (χ0n) is 5.25. The minimum Gasteiger partial charge on any atom is -0.276 e. The molecule has 0 atom stereocenters. The number of thiol groups is 1. The van der Waals surface area contributed by atoms with E-state index in [-0.39, 0.29) is 0 Å². The Labute approximate surface area is 54.8 Å². The normalized spacial score (nSPS) is 11.8. The molecule has 0 spiro atoms. The van der Waals surface area contributed by atoms with Crippen molar-refractivity contribution in [2.24, 2.45) is 4.40 Å². The van der Waals surface area contributed by atoms with Crippen molar-refractivity contribution < 1.29 is 4.84 Å². The molecule has 3 nitrogen and oxygen atoms in total. The van der Waals surface area contributed by atoms with E-state index in [4.69, 9.17) is 4.84 Å². The molecular weight excluding hydrogens is 124 g/mol. The number of hydroxylamine groups is 2. The Bertz CT molecular complexity index is 94.0. The summed E-state index contributed by atoms with van der Waals surface area (Å²) in [6, 6.07) is 0. The molecule has 0 saturated carbocycles. The number of hydrogen-bond acceptors (Lipinski definition) is 3. The Morgan fingerprint density at radius 3 is 2.38 bits per heavy atom. The minimum atomic E-state index is 0.732. The second-order valence-electron chi connectivity index (χ2n) is 1.33. The molecule has 48 valence electrons. The summed E-state index contributed by atoms with van der Waals surface area (Å²) >= 11 is 3.68. The van der Waals surface area contributed by atoms with Gasteiger partial charge in [-0.25, -0.2) is 9.46 Å². The molecule has 0 aromatic heterocycles. The van der Waals surface area contributed by atoms with Gasteiger partial charge < -0.3 is 0 Å². The van der Waals surface area contributed by atoms with Gasteiger partial charge in [0, 0.05) is 7.05 Å². The zero-order valence-corrected chi connectivity index (χ0v) is 6.14. The second-order valence-corrected chi connectivity index (χ2v) is 1.53. The predicted molar refractivity (Wildman–Crippen MR) is 36.9 cm³/mol. The van der Waals surface area contributed by atoms with Crippen LogP contribution < -0.4 is 0 Å². The summed E-state index contributed by atoms with van der Waals surface area (Å²) in [5.74, 6) is 0.732. The van der Waals surface area contributed by atoms with Crippen LogP contribution in [0.5, 0.6) is 0 Å². The van der Waals surface area contributed by atoms with Gasteiger partial charge in [0.25, 0.3) is 0 Å². The fraction of sp³-hybridized carbons (Fsp3) is 0.750. The van der Waals surface area contributed by atoms with Crippen LogP contribution in [-0.2, 0) is 4.84 Å². The fourth-order valence-electron chi connectivity index (χ4n) is 0.195. The molecule has 0 bridgehead atoms. The molecule has 0 heterocycles. The molecule has 4 heteroatoms. The molecular formula is C4H10N2OS. The lowest BCUT2D eigenvalue weighted by atomic mass is 10.7. The third-order valence-corrected chi connectivity index (χ3v) is 1.16. The van der Waals surface area contributed by atoms with Crippen molar-refractivity contribution in [3.63, 3.8) is 0 Å². The quantitative estimate of drug-likeness (QED) is 0.248. The summed E-state index contributed by atoms with van der Waals surface area (Å²) in [7, 11) is 3.33. The first-order chi connectivity index (χ1) is 3.72. The standard InChI is InChI=1S/C4H10N2OS/c1-4(5-8)6(2)7-3/h8H,1-3H3. The molecule has 0 aliphatic rings. The molecule has 0 amide bonds. The fourth-order valence-corrected chi connectivity index (χ4v) is 0.321. The molecule has 0 fully saturated rings. The van der Waals surface area contributed by atoms with Gasteiger partial charge in [-0.3, -0.25) is 4.84 Å². The van der Waals surface area contributed by atoms with Crippen LogP contribution >= 0.6 is 12.8 Å². The Hall–Kier alpha value is -0.220. The number of rotatable bonds is 1. The third-order valence-electron chi connectivity index (χ3n) is 0.874. The molecule has 0 radical (unpaired) electrons. The topological polar surface area (TPSA) is 24.8 Å². The molecule has 0 aliphatic carbocycles. The average Bonchev–Trinajstić information content (AvgIpc) is 1.84. The van der Waals surface area contributed by atoms with Gasteiger partial charge in [-0.1, -0.05) is 0 Å². The van der Waals surface area contributed by atoms with Crippen LogP contribution in [0, 0.1) is 0 Å². The van der Waals surface area contributed by atoms with Crippen LogP contribution in [0.4, 0.5) is 0 Å². The lowest BCUT2D eigenvalue weighted by molar-refractivity contribution is -0.0420. The van der Waals surface area contributed by atoms with Crippen LogP contribution in [0.25, 0.3) is 0 Å². The van der Waals surface area contributed by atoms with Crippen molar-refractivity contribution in [3.8, 4) is 0 Å². The third kappa shape index (κ3) is 2.18. The Balaban J connectivity index is 3.63. The highest BCUT2D eigenvalue weighted by atomic mass is 32.1. The lowest BCUT2D eigenvalue weighted by Gasteiger charge is -2.12. The molecule has 0 aromatic carbocycles. The van der Waals surface area contributed by atoms with Crippen LogP contribution in [0.3, 0.4) is 0 Å². The van der Waals surface area contributed by atoms with Gasteiger partial charge in [0.1, 0.15) is 5.84 Å². The van der Waals surface area contributed by atoms with Gasteiger partial charge in [-0.2, -0.15) is 0 Å². The predicted octanol–water partition coefficient (Wildman–Crippen LogP) is 0.743.